The smallest absolute Gasteiger partial charge is 0.251 e. The van der Waals surface area contributed by atoms with Gasteiger partial charge < -0.3 is 10.1 Å². The molecule has 2 aromatic rings. The highest BCUT2D eigenvalue weighted by molar-refractivity contribution is 7.89. The standard InChI is InChI=1S/C20H26N2O4S/c1-4-19(16-7-5-15(2)6-8-16)22-20(23)17-9-11-18(12-10-17)27(24,25)21-13-14-26-3/h5-12,19,21H,4,13-14H2,1-3H3,(H,22,23). The Morgan fingerprint density at radius 2 is 1.70 bits per heavy atom. The van der Waals surface area contributed by atoms with E-state index in [9.17, 15) is 13.2 Å². The first kappa shape index (κ1) is 21.1. The summed E-state index contributed by atoms with van der Waals surface area (Å²) in [5.74, 6) is -0.237. The second-order valence-electron chi connectivity index (χ2n) is 6.26. The summed E-state index contributed by atoms with van der Waals surface area (Å²) in [6, 6.07) is 13.8. The molecule has 0 aliphatic carbocycles. The van der Waals surface area contributed by atoms with E-state index in [-0.39, 0.29) is 30.0 Å². The number of nitrogens with one attached hydrogen (secondary N) is 2. The normalized spacial score (nSPS) is 12.6. The second kappa shape index (κ2) is 9.64. The van der Waals surface area contributed by atoms with Gasteiger partial charge in [-0.25, -0.2) is 13.1 Å². The Hall–Kier alpha value is -2.22. The molecule has 0 aliphatic heterocycles. The van der Waals surface area contributed by atoms with Gasteiger partial charge in [0.25, 0.3) is 5.91 Å². The van der Waals surface area contributed by atoms with Crippen molar-refractivity contribution in [2.75, 3.05) is 20.3 Å². The molecule has 0 fully saturated rings. The molecule has 0 aromatic heterocycles. The molecule has 0 saturated carbocycles. The number of carbonyl (C=O) groups excluding carboxylic acids is 1. The molecule has 2 N–H and O–H groups in total. The van der Waals surface area contributed by atoms with Crippen LogP contribution in [0.5, 0.6) is 0 Å². The number of sulfonamides is 1. The summed E-state index contributed by atoms with van der Waals surface area (Å²) in [6.45, 7) is 4.50. The van der Waals surface area contributed by atoms with E-state index in [2.05, 4.69) is 10.0 Å². The number of ether oxygens (including phenoxy) is 1. The van der Waals surface area contributed by atoms with Gasteiger partial charge in [0.1, 0.15) is 0 Å². The summed E-state index contributed by atoms with van der Waals surface area (Å²) in [6.07, 6.45) is 0.755. The zero-order chi connectivity index (χ0) is 19.9. The number of methoxy groups -OCH3 is 1. The SMILES string of the molecule is CCC(NC(=O)c1ccc(S(=O)(=O)NCCOC)cc1)c1ccc(C)cc1. The van der Waals surface area contributed by atoms with E-state index in [1.165, 1.54) is 31.4 Å². The zero-order valence-electron chi connectivity index (χ0n) is 15.9. The van der Waals surface area contributed by atoms with Gasteiger partial charge in [-0.15, -0.1) is 0 Å². The first-order chi connectivity index (χ1) is 12.9. The number of amides is 1. The third-order valence-electron chi connectivity index (χ3n) is 4.22. The quantitative estimate of drug-likeness (QED) is 0.645. The van der Waals surface area contributed by atoms with Crippen molar-refractivity contribution in [1.29, 1.82) is 0 Å². The van der Waals surface area contributed by atoms with Crippen molar-refractivity contribution in [1.82, 2.24) is 10.0 Å². The lowest BCUT2D eigenvalue weighted by atomic mass is 10.0. The van der Waals surface area contributed by atoms with E-state index in [4.69, 9.17) is 4.74 Å². The Morgan fingerprint density at radius 1 is 1.07 bits per heavy atom. The summed E-state index contributed by atoms with van der Waals surface area (Å²) in [4.78, 5) is 12.6. The van der Waals surface area contributed by atoms with Crippen molar-refractivity contribution in [2.24, 2.45) is 0 Å². The minimum Gasteiger partial charge on any atom is -0.383 e. The van der Waals surface area contributed by atoms with Crippen molar-refractivity contribution < 1.29 is 17.9 Å². The number of rotatable bonds is 9. The van der Waals surface area contributed by atoms with Gasteiger partial charge in [-0.1, -0.05) is 36.8 Å². The summed E-state index contributed by atoms with van der Waals surface area (Å²) in [5.41, 5.74) is 2.62. The highest BCUT2D eigenvalue weighted by Gasteiger charge is 2.17. The van der Waals surface area contributed by atoms with E-state index in [1.807, 2.05) is 38.1 Å². The average molecular weight is 391 g/mol. The van der Waals surface area contributed by atoms with Gasteiger partial charge in [0.05, 0.1) is 17.5 Å². The van der Waals surface area contributed by atoms with Gasteiger partial charge in [0.15, 0.2) is 0 Å². The van der Waals surface area contributed by atoms with Crippen LogP contribution in [0, 0.1) is 6.92 Å². The molecule has 6 nitrogen and oxygen atoms in total. The lowest BCUT2D eigenvalue weighted by Gasteiger charge is -2.18. The monoisotopic (exact) mass is 390 g/mol. The topological polar surface area (TPSA) is 84.5 Å². The minimum atomic E-state index is -3.61. The zero-order valence-corrected chi connectivity index (χ0v) is 16.7. The van der Waals surface area contributed by atoms with Gasteiger partial charge in [0, 0.05) is 19.2 Å². The minimum absolute atomic E-state index is 0.0998. The Labute approximate surface area is 161 Å². The van der Waals surface area contributed by atoms with Crippen LogP contribution >= 0.6 is 0 Å². The molecule has 146 valence electrons. The molecule has 0 bridgehead atoms. The van der Waals surface area contributed by atoms with Gasteiger partial charge >= 0.3 is 0 Å². The van der Waals surface area contributed by atoms with Crippen LogP contribution in [0.3, 0.4) is 0 Å². The predicted molar refractivity (Wildman–Crippen MR) is 105 cm³/mol. The van der Waals surface area contributed by atoms with E-state index in [0.717, 1.165) is 17.5 Å². The second-order valence-corrected chi connectivity index (χ2v) is 8.03. The van der Waals surface area contributed by atoms with E-state index >= 15 is 0 Å². The fourth-order valence-electron chi connectivity index (χ4n) is 2.61. The van der Waals surface area contributed by atoms with Crippen LogP contribution in [-0.2, 0) is 14.8 Å². The summed E-state index contributed by atoms with van der Waals surface area (Å²) in [5, 5.41) is 3.00. The molecule has 2 rings (SSSR count). The van der Waals surface area contributed by atoms with Crippen LogP contribution in [0.1, 0.15) is 40.9 Å². The lowest BCUT2D eigenvalue weighted by molar-refractivity contribution is 0.0935. The Balaban J connectivity index is 2.07. The summed E-state index contributed by atoms with van der Waals surface area (Å²) >= 11 is 0. The van der Waals surface area contributed by atoms with Crippen LogP contribution in [0.4, 0.5) is 0 Å². The maximum atomic E-state index is 12.5. The Kier molecular flexibility index (Phi) is 7.53. The van der Waals surface area contributed by atoms with Crippen LogP contribution < -0.4 is 10.0 Å². The first-order valence-electron chi connectivity index (χ1n) is 8.83. The molecule has 1 unspecified atom stereocenters. The molecular weight excluding hydrogens is 364 g/mol. The van der Waals surface area contributed by atoms with Gasteiger partial charge in [-0.05, 0) is 43.2 Å². The maximum Gasteiger partial charge on any atom is 0.251 e. The molecule has 2 aromatic carbocycles. The van der Waals surface area contributed by atoms with Crippen LogP contribution in [0.25, 0.3) is 0 Å². The molecule has 27 heavy (non-hydrogen) atoms. The molecular formula is C20H26N2O4S. The van der Waals surface area contributed by atoms with E-state index < -0.39 is 10.0 Å². The van der Waals surface area contributed by atoms with Gasteiger partial charge in [-0.3, -0.25) is 4.79 Å². The van der Waals surface area contributed by atoms with Crippen LogP contribution in [0.15, 0.2) is 53.4 Å². The van der Waals surface area contributed by atoms with E-state index in [1.54, 1.807) is 0 Å². The number of aryl methyl sites for hydroxylation is 1. The molecule has 0 heterocycles. The summed E-state index contributed by atoms with van der Waals surface area (Å²) < 4.78 is 31.6. The maximum absolute atomic E-state index is 12.5. The highest BCUT2D eigenvalue weighted by Crippen LogP contribution is 2.18. The first-order valence-corrected chi connectivity index (χ1v) is 10.3. The molecule has 0 radical (unpaired) electrons. The molecule has 7 heteroatoms. The number of benzene rings is 2. The van der Waals surface area contributed by atoms with Gasteiger partial charge in [0.2, 0.25) is 10.0 Å². The Morgan fingerprint density at radius 3 is 2.26 bits per heavy atom. The molecule has 0 spiro atoms. The Bertz CT molecular complexity index is 847. The molecule has 1 atom stereocenters. The number of hydrogen-bond donors (Lipinski definition) is 2. The fraction of sp³-hybridized carbons (Fsp3) is 0.350. The van der Waals surface area contributed by atoms with Crippen LogP contribution in [-0.4, -0.2) is 34.6 Å². The molecule has 1 amide bonds. The third kappa shape index (κ3) is 5.89. The lowest BCUT2D eigenvalue weighted by Crippen LogP contribution is -2.29. The van der Waals surface area contributed by atoms with Crippen molar-refractivity contribution in [3.63, 3.8) is 0 Å². The van der Waals surface area contributed by atoms with E-state index in [0.29, 0.717) is 5.56 Å². The van der Waals surface area contributed by atoms with Crippen molar-refractivity contribution >= 4 is 15.9 Å². The van der Waals surface area contributed by atoms with Crippen molar-refractivity contribution in [3.8, 4) is 0 Å². The number of carbonyl (C=O) groups is 1. The third-order valence-corrected chi connectivity index (χ3v) is 5.70. The van der Waals surface area contributed by atoms with Gasteiger partial charge in [-0.2, -0.15) is 0 Å². The summed E-state index contributed by atoms with van der Waals surface area (Å²) in [7, 11) is -2.11. The molecule has 0 saturated heterocycles. The predicted octanol–water partition coefficient (Wildman–Crippen LogP) is 2.80. The fourth-order valence-corrected chi connectivity index (χ4v) is 3.62. The van der Waals surface area contributed by atoms with Crippen LogP contribution in [0.2, 0.25) is 0 Å². The molecule has 0 aliphatic rings. The highest BCUT2D eigenvalue weighted by atomic mass is 32.2. The largest absolute Gasteiger partial charge is 0.383 e. The van der Waals surface area contributed by atoms with Crippen molar-refractivity contribution in [2.45, 2.75) is 31.2 Å². The number of hydrogen-bond acceptors (Lipinski definition) is 4. The van der Waals surface area contributed by atoms with Crippen molar-refractivity contribution in [3.05, 3.63) is 65.2 Å². The average Bonchev–Trinajstić information content (AvgIpc) is 2.67.